The van der Waals surface area contributed by atoms with Crippen LogP contribution in [0.4, 0.5) is 0 Å². The summed E-state index contributed by atoms with van der Waals surface area (Å²) in [5.74, 6) is -0.294. The molecule has 0 radical (unpaired) electrons. The molecule has 16 heavy (non-hydrogen) atoms. The molecule has 0 aliphatic carbocycles. The second-order valence-electron chi connectivity index (χ2n) is 3.42. The van der Waals surface area contributed by atoms with Crippen LogP contribution in [0, 0.1) is 0 Å². The molecule has 0 fully saturated rings. The number of rotatable bonds is 4. The van der Waals surface area contributed by atoms with E-state index in [1.807, 2.05) is 11.4 Å². The molecule has 0 bridgehead atoms. The van der Waals surface area contributed by atoms with E-state index >= 15 is 0 Å². The molecule has 0 saturated heterocycles. The monoisotopic (exact) mass is 304 g/mol. The van der Waals surface area contributed by atoms with Crippen LogP contribution in [0.25, 0.3) is 0 Å². The maximum absolute atomic E-state index is 11.6. The molecule has 0 unspecified atom stereocenters. The van der Waals surface area contributed by atoms with E-state index in [0.717, 1.165) is 9.35 Å². The molecule has 1 aromatic heterocycles. The zero-order valence-electron chi connectivity index (χ0n) is 9.12. The first-order chi connectivity index (χ1) is 7.49. The average Bonchev–Trinajstić information content (AvgIpc) is 2.60. The minimum atomic E-state index is -0.194. The Morgan fingerprint density at radius 2 is 2.25 bits per heavy atom. The third-order valence-electron chi connectivity index (χ3n) is 1.96. The molecule has 6 heteroatoms. The molecule has 1 heterocycles. The van der Waals surface area contributed by atoms with Crippen molar-refractivity contribution in [1.29, 1.82) is 0 Å². The van der Waals surface area contributed by atoms with Crippen LogP contribution in [0.5, 0.6) is 0 Å². The van der Waals surface area contributed by atoms with Crippen molar-refractivity contribution in [2.24, 2.45) is 0 Å². The van der Waals surface area contributed by atoms with E-state index in [-0.39, 0.29) is 18.4 Å². The zero-order chi connectivity index (χ0) is 12.1. The highest BCUT2D eigenvalue weighted by Crippen LogP contribution is 2.21. The standard InChI is InChI=1S/C10H13BrN2O2S/c1-7(14)12-4-10(15)13(2)5-8-3-9(11)16-6-8/h3,6H,4-5H2,1-2H3,(H,12,14). The maximum atomic E-state index is 11.6. The normalized spacial score (nSPS) is 9.94. The van der Waals surface area contributed by atoms with Gasteiger partial charge in [0.2, 0.25) is 11.8 Å². The van der Waals surface area contributed by atoms with Gasteiger partial charge in [-0.05, 0) is 32.9 Å². The highest BCUT2D eigenvalue weighted by atomic mass is 79.9. The van der Waals surface area contributed by atoms with Crippen LogP contribution in [0.2, 0.25) is 0 Å². The highest BCUT2D eigenvalue weighted by molar-refractivity contribution is 9.11. The Balaban J connectivity index is 2.42. The summed E-state index contributed by atoms with van der Waals surface area (Å²) in [6.07, 6.45) is 0. The third-order valence-corrected chi connectivity index (χ3v) is 3.51. The molecule has 0 aliphatic rings. The van der Waals surface area contributed by atoms with Gasteiger partial charge in [-0.25, -0.2) is 0 Å². The van der Waals surface area contributed by atoms with Gasteiger partial charge in [-0.2, -0.15) is 0 Å². The number of amides is 2. The van der Waals surface area contributed by atoms with E-state index in [1.165, 1.54) is 6.92 Å². The van der Waals surface area contributed by atoms with Gasteiger partial charge < -0.3 is 10.2 Å². The Morgan fingerprint density at radius 3 is 2.75 bits per heavy atom. The number of nitrogens with zero attached hydrogens (tertiary/aromatic N) is 1. The minimum Gasteiger partial charge on any atom is -0.347 e. The number of hydrogen-bond donors (Lipinski definition) is 1. The van der Waals surface area contributed by atoms with Gasteiger partial charge in [-0.1, -0.05) is 0 Å². The van der Waals surface area contributed by atoms with Crippen LogP contribution in [0.3, 0.4) is 0 Å². The number of thiophene rings is 1. The fourth-order valence-electron chi connectivity index (χ4n) is 1.13. The lowest BCUT2D eigenvalue weighted by molar-refractivity contribution is -0.131. The molecule has 4 nitrogen and oxygen atoms in total. The first kappa shape index (κ1) is 13.2. The summed E-state index contributed by atoms with van der Waals surface area (Å²) in [5, 5.41) is 4.47. The third kappa shape index (κ3) is 4.32. The molecular weight excluding hydrogens is 292 g/mol. The van der Waals surface area contributed by atoms with Crippen LogP contribution in [-0.2, 0) is 16.1 Å². The van der Waals surface area contributed by atoms with E-state index in [9.17, 15) is 9.59 Å². The van der Waals surface area contributed by atoms with Crippen LogP contribution in [0.1, 0.15) is 12.5 Å². The Bertz CT molecular complexity index is 392. The van der Waals surface area contributed by atoms with Crippen molar-refractivity contribution in [3.8, 4) is 0 Å². The molecular formula is C10H13BrN2O2S. The molecule has 1 rings (SSSR count). The second kappa shape index (κ2) is 6.00. The van der Waals surface area contributed by atoms with Gasteiger partial charge >= 0.3 is 0 Å². The lowest BCUT2D eigenvalue weighted by atomic mass is 10.3. The van der Waals surface area contributed by atoms with Crippen LogP contribution < -0.4 is 5.32 Å². The predicted molar refractivity (Wildman–Crippen MR) is 67.2 cm³/mol. The van der Waals surface area contributed by atoms with E-state index in [1.54, 1.807) is 23.3 Å². The zero-order valence-corrected chi connectivity index (χ0v) is 11.5. The smallest absolute Gasteiger partial charge is 0.242 e. The minimum absolute atomic E-state index is 0.0527. The summed E-state index contributed by atoms with van der Waals surface area (Å²) >= 11 is 4.95. The molecule has 88 valence electrons. The Morgan fingerprint density at radius 1 is 1.56 bits per heavy atom. The van der Waals surface area contributed by atoms with Gasteiger partial charge in [-0.15, -0.1) is 11.3 Å². The van der Waals surface area contributed by atoms with Gasteiger partial charge in [0.25, 0.3) is 0 Å². The summed E-state index contributed by atoms with van der Waals surface area (Å²) in [6, 6.07) is 1.98. The van der Waals surface area contributed by atoms with E-state index in [2.05, 4.69) is 21.2 Å². The quantitative estimate of drug-likeness (QED) is 0.918. The number of halogens is 1. The van der Waals surface area contributed by atoms with Crippen molar-refractivity contribution in [2.75, 3.05) is 13.6 Å². The Hall–Kier alpha value is -0.880. The van der Waals surface area contributed by atoms with E-state index < -0.39 is 0 Å². The van der Waals surface area contributed by atoms with Crippen molar-refractivity contribution in [2.45, 2.75) is 13.5 Å². The first-order valence-corrected chi connectivity index (χ1v) is 6.37. The molecule has 1 N–H and O–H groups in total. The number of hydrogen-bond acceptors (Lipinski definition) is 3. The Kier molecular flexibility index (Phi) is 4.95. The molecule has 0 aromatic carbocycles. The van der Waals surface area contributed by atoms with Crippen molar-refractivity contribution < 1.29 is 9.59 Å². The highest BCUT2D eigenvalue weighted by Gasteiger charge is 2.10. The number of nitrogens with one attached hydrogen (secondary N) is 1. The number of carbonyl (C=O) groups is 2. The van der Waals surface area contributed by atoms with Gasteiger partial charge in [-0.3, -0.25) is 9.59 Å². The molecule has 1 aromatic rings. The lowest BCUT2D eigenvalue weighted by Crippen LogP contribution is -2.36. The maximum Gasteiger partial charge on any atom is 0.242 e. The van der Waals surface area contributed by atoms with Crippen molar-refractivity contribution in [1.82, 2.24) is 10.2 Å². The van der Waals surface area contributed by atoms with Crippen molar-refractivity contribution >= 4 is 39.1 Å². The largest absolute Gasteiger partial charge is 0.347 e. The number of likely N-dealkylation sites (N-methyl/N-ethyl adjacent to an activating group) is 1. The predicted octanol–water partition coefficient (Wildman–Crippen LogP) is 1.61. The molecule has 0 aliphatic heterocycles. The van der Waals surface area contributed by atoms with Crippen LogP contribution in [0.15, 0.2) is 15.2 Å². The van der Waals surface area contributed by atoms with Gasteiger partial charge in [0, 0.05) is 20.5 Å². The van der Waals surface area contributed by atoms with Crippen molar-refractivity contribution in [3.05, 3.63) is 20.8 Å². The lowest BCUT2D eigenvalue weighted by Gasteiger charge is -2.16. The molecule has 0 spiro atoms. The SMILES string of the molecule is CC(=O)NCC(=O)N(C)Cc1csc(Br)c1. The fraction of sp³-hybridized carbons (Fsp3) is 0.400. The topological polar surface area (TPSA) is 49.4 Å². The summed E-state index contributed by atoms with van der Waals surface area (Å²) in [4.78, 5) is 23.8. The summed E-state index contributed by atoms with van der Waals surface area (Å²) in [6.45, 7) is 2.00. The molecule has 0 atom stereocenters. The fourth-order valence-corrected chi connectivity index (χ4v) is 2.33. The summed E-state index contributed by atoms with van der Waals surface area (Å²) in [7, 11) is 1.72. The van der Waals surface area contributed by atoms with Gasteiger partial charge in [0.05, 0.1) is 10.3 Å². The van der Waals surface area contributed by atoms with E-state index in [4.69, 9.17) is 0 Å². The Labute approximate surface area is 107 Å². The van der Waals surface area contributed by atoms with Crippen LogP contribution in [-0.4, -0.2) is 30.3 Å². The first-order valence-electron chi connectivity index (χ1n) is 4.70. The molecule has 2 amide bonds. The van der Waals surface area contributed by atoms with Crippen LogP contribution >= 0.6 is 27.3 Å². The average molecular weight is 305 g/mol. The van der Waals surface area contributed by atoms with Crippen molar-refractivity contribution in [3.63, 3.8) is 0 Å². The summed E-state index contributed by atoms with van der Waals surface area (Å²) in [5.41, 5.74) is 1.08. The van der Waals surface area contributed by atoms with E-state index in [0.29, 0.717) is 6.54 Å². The molecule has 0 saturated carbocycles. The number of carbonyl (C=O) groups excluding carboxylic acids is 2. The summed E-state index contributed by atoms with van der Waals surface area (Å²) < 4.78 is 1.05. The van der Waals surface area contributed by atoms with Gasteiger partial charge in [0.1, 0.15) is 0 Å². The van der Waals surface area contributed by atoms with Gasteiger partial charge in [0.15, 0.2) is 0 Å². The second-order valence-corrected chi connectivity index (χ2v) is 5.71.